The minimum Gasteiger partial charge on any atom is -0.298 e. The molecule has 0 bridgehead atoms. The fourth-order valence-corrected chi connectivity index (χ4v) is 1.28. The molecule has 0 atom stereocenters. The number of benzene rings is 1. The average Bonchev–Trinajstić information content (AvgIpc) is 2.03. The zero-order chi connectivity index (χ0) is 9.19. The summed E-state index contributed by atoms with van der Waals surface area (Å²) >= 11 is 0. The first kappa shape index (κ1) is 15.8. The van der Waals surface area contributed by atoms with E-state index in [0.717, 1.165) is 6.07 Å². The van der Waals surface area contributed by atoms with Crippen LogP contribution in [0.15, 0.2) is 29.2 Å². The summed E-state index contributed by atoms with van der Waals surface area (Å²) in [4.78, 5) is 9.94. The summed E-state index contributed by atoms with van der Waals surface area (Å²) in [6, 6.07) is 5.14. The predicted octanol–water partition coefficient (Wildman–Crippen LogP) is 1.59. The third-order valence-corrected chi connectivity index (χ3v) is 2.14. The normalized spacial score (nSPS) is 9.50. The highest BCUT2D eigenvalue weighted by molar-refractivity contribution is 7.85. The molecule has 1 aromatic rings. The molecular formula is C7H8Cl2O4S. The smallest absolute Gasteiger partial charge is 0.294 e. The Morgan fingerprint density at radius 3 is 2.21 bits per heavy atom. The lowest BCUT2D eigenvalue weighted by atomic mass is 10.2. The molecule has 7 heteroatoms. The molecule has 4 nitrogen and oxygen atoms in total. The molecule has 1 N–H and O–H groups in total. The van der Waals surface area contributed by atoms with Crippen LogP contribution in [0.3, 0.4) is 0 Å². The van der Waals surface area contributed by atoms with Crippen LogP contribution in [0.5, 0.6) is 0 Å². The lowest BCUT2D eigenvalue weighted by Gasteiger charge is -1.95. The van der Waals surface area contributed by atoms with Crippen LogP contribution in [-0.4, -0.2) is 19.3 Å². The van der Waals surface area contributed by atoms with E-state index in [1.807, 2.05) is 0 Å². The van der Waals surface area contributed by atoms with Crippen molar-refractivity contribution in [3.8, 4) is 0 Å². The third-order valence-electron chi connectivity index (χ3n) is 1.29. The van der Waals surface area contributed by atoms with Crippen molar-refractivity contribution in [2.24, 2.45) is 0 Å². The number of hydrogen-bond donors (Lipinski definition) is 1. The maximum Gasteiger partial charge on any atom is 0.294 e. The second-order valence-electron chi connectivity index (χ2n) is 2.17. The first-order chi connectivity index (χ1) is 5.54. The van der Waals surface area contributed by atoms with Gasteiger partial charge in [-0.1, -0.05) is 12.1 Å². The van der Waals surface area contributed by atoms with E-state index in [-0.39, 0.29) is 35.3 Å². The van der Waals surface area contributed by atoms with Gasteiger partial charge in [-0.25, -0.2) is 0 Å². The Bertz CT molecular complexity index is 402. The number of carbonyl (C=O) groups excluding carboxylic acids is 1. The second kappa shape index (κ2) is 5.98. The molecule has 0 saturated heterocycles. The van der Waals surface area contributed by atoms with E-state index in [9.17, 15) is 13.2 Å². The van der Waals surface area contributed by atoms with Crippen LogP contribution in [-0.2, 0) is 10.1 Å². The minimum atomic E-state index is -4.19. The average molecular weight is 259 g/mol. The zero-order valence-corrected chi connectivity index (χ0v) is 9.23. The van der Waals surface area contributed by atoms with E-state index in [1.54, 1.807) is 0 Å². The number of aldehydes is 1. The van der Waals surface area contributed by atoms with Gasteiger partial charge in [0.05, 0.1) is 4.90 Å². The minimum absolute atomic E-state index is 0. The molecule has 0 unspecified atom stereocenters. The molecule has 0 aliphatic carbocycles. The first-order valence-corrected chi connectivity index (χ1v) is 4.51. The van der Waals surface area contributed by atoms with E-state index in [0.29, 0.717) is 6.29 Å². The van der Waals surface area contributed by atoms with Crippen LogP contribution in [0.4, 0.5) is 0 Å². The van der Waals surface area contributed by atoms with E-state index < -0.39 is 10.1 Å². The van der Waals surface area contributed by atoms with E-state index in [4.69, 9.17) is 4.55 Å². The van der Waals surface area contributed by atoms with Gasteiger partial charge < -0.3 is 0 Å². The lowest BCUT2D eigenvalue weighted by Crippen LogP contribution is -1.98. The van der Waals surface area contributed by atoms with Gasteiger partial charge in [0.1, 0.15) is 6.29 Å². The van der Waals surface area contributed by atoms with Crippen molar-refractivity contribution in [2.75, 3.05) is 0 Å². The van der Waals surface area contributed by atoms with Crippen molar-refractivity contribution in [1.82, 2.24) is 0 Å². The Morgan fingerprint density at radius 1 is 1.21 bits per heavy atom. The summed E-state index contributed by atoms with van der Waals surface area (Å²) in [5, 5.41) is 0. The number of rotatable bonds is 2. The van der Waals surface area contributed by atoms with Gasteiger partial charge in [-0.05, 0) is 12.1 Å². The Hall–Kier alpha value is -0.620. The van der Waals surface area contributed by atoms with Gasteiger partial charge in [0.2, 0.25) is 0 Å². The molecule has 0 spiro atoms. The molecule has 1 rings (SSSR count). The zero-order valence-electron chi connectivity index (χ0n) is 6.78. The van der Waals surface area contributed by atoms with Crippen LogP contribution in [0.25, 0.3) is 0 Å². The Balaban J connectivity index is 0. The molecule has 0 aliphatic rings. The summed E-state index contributed by atoms with van der Waals surface area (Å²) < 4.78 is 29.6. The molecule has 0 radical (unpaired) electrons. The summed E-state index contributed by atoms with van der Waals surface area (Å²) in [5.41, 5.74) is 0.213. The summed E-state index contributed by atoms with van der Waals surface area (Å²) in [7, 11) is -4.19. The molecule has 14 heavy (non-hydrogen) atoms. The first-order valence-electron chi connectivity index (χ1n) is 3.07. The quantitative estimate of drug-likeness (QED) is 0.646. The van der Waals surface area contributed by atoms with Crippen molar-refractivity contribution in [3.05, 3.63) is 29.8 Å². The summed E-state index contributed by atoms with van der Waals surface area (Å²) in [5.74, 6) is 0. The van der Waals surface area contributed by atoms with Crippen molar-refractivity contribution in [1.29, 1.82) is 0 Å². The fraction of sp³-hybridized carbons (Fsp3) is 0. The van der Waals surface area contributed by atoms with Gasteiger partial charge in [0, 0.05) is 5.56 Å². The Kier molecular flexibility index (Phi) is 6.76. The highest BCUT2D eigenvalue weighted by Gasteiger charge is 2.08. The monoisotopic (exact) mass is 258 g/mol. The van der Waals surface area contributed by atoms with Crippen LogP contribution in [0.1, 0.15) is 10.4 Å². The molecule has 0 heterocycles. The summed E-state index contributed by atoms with van der Waals surface area (Å²) in [6.45, 7) is 0. The molecule has 1 aromatic carbocycles. The van der Waals surface area contributed by atoms with Crippen molar-refractivity contribution in [2.45, 2.75) is 4.90 Å². The van der Waals surface area contributed by atoms with Crippen molar-refractivity contribution < 1.29 is 17.8 Å². The molecular weight excluding hydrogens is 251 g/mol. The number of carbonyl (C=O) groups is 1. The highest BCUT2D eigenvalue weighted by Crippen LogP contribution is 2.09. The standard InChI is InChI=1S/C7H6O4S.2ClH/c8-5-6-2-1-3-7(4-6)12(9,10)11;;/h1-5H,(H,9,10,11);2*1H. The van der Waals surface area contributed by atoms with Gasteiger partial charge in [-0.3, -0.25) is 9.35 Å². The third kappa shape index (κ3) is 4.06. The van der Waals surface area contributed by atoms with Gasteiger partial charge in [-0.15, -0.1) is 24.8 Å². The Labute approximate surface area is 93.9 Å². The molecule has 0 fully saturated rings. The predicted molar refractivity (Wildman–Crippen MR) is 56.1 cm³/mol. The van der Waals surface area contributed by atoms with Crippen LogP contribution in [0.2, 0.25) is 0 Å². The van der Waals surface area contributed by atoms with Crippen LogP contribution < -0.4 is 0 Å². The number of hydrogen-bond acceptors (Lipinski definition) is 3. The Morgan fingerprint density at radius 2 is 1.79 bits per heavy atom. The SMILES string of the molecule is Cl.Cl.O=Cc1cccc(S(=O)(=O)O)c1. The van der Waals surface area contributed by atoms with Crippen molar-refractivity contribution >= 4 is 41.2 Å². The molecule has 0 amide bonds. The highest BCUT2D eigenvalue weighted by atomic mass is 35.5. The van der Waals surface area contributed by atoms with E-state index in [2.05, 4.69) is 0 Å². The van der Waals surface area contributed by atoms with Gasteiger partial charge >= 0.3 is 0 Å². The fourth-order valence-electron chi connectivity index (χ4n) is 0.748. The largest absolute Gasteiger partial charge is 0.298 e. The maximum atomic E-state index is 10.5. The van der Waals surface area contributed by atoms with E-state index >= 15 is 0 Å². The molecule has 0 aromatic heterocycles. The van der Waals surface area contributed by atoms with Crippen molar-refractivity contribution in [3.63, 3.8) is 0 Å². The topological polar surface area (TPSA) is 71.4 Å². The molecule has 0 aliphatic heterocycles. The van der Waals surface area contributed by atoms with Gasteiger partial charge in [-0.2, -0.15) is 8.42 Å². The van der Waals surface area contributed by atoms with Gasteiger partial charge in [0.15, 0.2) is 0 Å². The molecule has 80 valence electrons. The van der Waals surface area contributed by atoms with Crippen LogP contribution >= 0.6 is 24.8 Å². The van der Waals surface area contributed by atoms with Gasteiger partial charge in [0.25, 0.3) is 10.1 Å². The van der Waals surface area contributed by atoms with Crippen LogP contribution in [0, 0.1) is 0 Å². The van der Waals surface area contributed by atoms with E-state index in [1.165, 1.54) is 18.2 Å². The number of halogens is 2. The second-order valence-corrected chi connectivity index (χ2v) is 3.59. The molecule has 0 saturated carbocycles. The maximum absolute atomic E-state index is 10.5. The summed E-state index contributed by atoms with van der Waals surface area (Å²) in [6.07, 6.45) is 0.509. The lowest BCUT2D eigenvalue weighted by molar-refractivity contribution is 0.112.